The smallest absolute Gasteiger partial charge is 0.337 e. The molecule has 1 aromatic rings. The standard InChI is InChI=1S/C8H7Cl2NO2/c1-3-2-4(8(12)13)7(11)6(10)5(3)9/h2H,11H2,1H3,(H,12,13). The van der Waals surface area contributed by atoms with E-state index in [4.69, 9.17) is 34.0 Å². The molecule has 0 spiro atoms. The van der Waals surface area contributed by atoms with Gasteiger partial charge in [0.25, 0.3) is 0 Å². The first kappa shape index (κ1) is 10.2. The van der Waals surface area contributed by atoms with Gasteiger partial charge in [-0.2, -0.15) is 0 Å². The number of nitrogens with two attached hydrogens (primary N) is 1. The summed E-state index contributed by atoms with van der Waals surface area (Å²) in [6, 6.07) is 1.39. The highest BCUT2D eigenvalue weighted by atomic mass is 35.5. The monoisotopic (exact) mass is 219 g/mol. The van der Waals surface area contributed by atoms with Crippen molar-refractivity contribution in [2.75, 3.05) is 5.73 Å². The molecule has 0 unspecified atom stereocenters. The molecule has 0 aromatic heterocycles. The third kappa shape index (κ3) is 1.71. The molecule has 0 heterocycles. The largest absolute Gasteiger partial charge is 0.478 e. The number of carboxylic acid groups (broad SMARTS) is 1. The molecule has 5 heteroatoms. The maximum absolute atomic E-state index is 10.7. The number of hydrogen-bond acceptors (Lipinski definition) is 2. The predicted molar refractivity (Wildman–Crippen MR) is 52.6 cm³/mol. The molecule has 0 aliphatic carbocycles. The van der Waals surface area contributed by atoms with Crippen LogP contribution in [0, 0.1) is 6.92 Å². The van der Waals surface area contributed by atoms with E-state index < -0.39 is 5.97 Å². The van der Waals surface area contributed by atoms with Crippen molar-refractivity contribution in [3.05, 3.63) is 27.2 Å². The van der Waals surface area contributed by atoms with Crippen LogP contribution in [0.3, 0.4) is 0 Å². The van der Waals surface area contributed by atoms with E-state index in [-0.39, 0.29) is 16.3 Å². The lowest BCUT2D eigenvalue weighted by molar-refractivity contribution is 0.0698. The lowest BCUT2D eigenvalue weighted by atomic mass is 10.1. The van der Waals surface area contributed by atoms with Gasteiger partial charge in [-0.05, 0) is 18.6 Å². The van der Waals surface area contributed by atoms with Gasteiger partial charge in [0.2, 0.25) is 0 Å². The Balaban J connectivity index is 3.50. The highest BCUT2D eigenvalue weighted by molar-refractivity contribution is 6.44. The van der Waals surface area contributed by atoms with Crippen LogP contribution in [0.15, 0.2) is 6.07 Å². The maximum atomic E-state index is 10.7. The third-order valence-corrected chi connectivity index (χ3v) is 2.63. The van der Waals surface area contributed by atoms with Crippen molar-refractivity contribution in [2.24, 2.45) is 0 Å². The Hall–Kier alpha value is -0.930. The first-order chi connectivity index (χ1) is 5.95. The number of rotatable bonds is 1. The van der Waals surface area contributed by atoms with Gasteiger partial charge in [-0.25, -0.2) is 4.79 Å². The van der Waals surface area contributed by atoms with E-state index in [1.54, 1.807) is 6.92 Å². The molecule has 1 rings (SSSR count). The van der Waals surface area contributed by atoms with Crippen molar-refractivity contribution in [2.45, 2.75) is 6.92 Å². The minimum atomic E-state index is -1.11. The van der Waals surface area contributed by atoms with Gasteiger partial charge >= 0.3 is 5.97 Å². The first-order valence-corrected chi connectivity index (χ1v) is 4.18. The van der Waals surface area contributed by atoms with E-state index in [0.29, 0.717) is 10.6 Å². The number of nitrogen functional groups attached to an aromatic ring is 1. The molecule has 0 saturated heterocycles. The van der Waals surface area contributed by atoms with Gasteiger partial charge in [0, 0.05) is 0 Å². The highest BCUT2D eigenvalue weighted by Gasteiger charge is 2.15. The molecular weight excluding hydrogens is 213 g/mol. The Kier molecular flexibility index (Phi) is 2.68. The van der Waals surface area contributed by atoms with Gasteiger partial charge in [0.05, 0.1) is 21.3 Å². The number of aromatic carboxylic acids is 1. The highest BCUT2D eigenvalue weighted by Crippen LogP contribution is 2.33. The third-order valence-electron chi connectivity index (χ3n) is 1.66. The van der Waals surface area contributed by atoms with Crippen LogP contribution >= 0.6 is 23.2 Å². The Morgan fingerprint density at radius 2 is 2.00 bits per heavy atom. The van der Waals surface area contributed by atoms with Gasteiger partial charge in [-0.3, -0.25) is 0 Å². The second kappa shape index (κ2) is 3.44. The molecule has 1 aromatic carbocycles. The second-order valence-corrected chi connectivity index (χ2v) is 3.34. The molecule has 0 fully saturated rings. The van der Waals surface area contributed by atoms with E-state index in [9.17, 15) is 4.79 Å². The number of carboxylic acids is 1. The lowest BCUT2D eigenvalue weighted by Crippen LogP contribution is -2.04. The molecule has 0 aliphatic rings. The lowest BCUT2D eigenvalue weighted by Gasteiger charge is -2.07. The van der Waals surface area contributed by atoms with Gasteiger partial charge in [0.15, 0.2) is 0 Å². The van der Waals surface area contributed by atoms with Crippen LogP contribution in [0.4, 0.5) is 5.69 Å². The van der Waals surface area contributed by atoms with Crippen molar-refractivity contribution < 1.29 is 9.90 Å². The fourth-order valence-electron chi connectivity index (χ4n) is 0.944. The van der Waals surface area contributed by atoms with E-state index >= 15 is 0 Å². The van der Waals surface area contributed by atoms with Crippen molar-refractivity contribution >= 4 is 34.9 Å². The summed E-state index contributed by atoms with van der Waals surface area (Å²) >= 11 is 11.5. The van der Waals surface area contributed by atoms with Gasteiger partial charge < -0.3 is 10.8 Å². The fourth-order valence-corrected chi connectivity index (χ4v) is 1.35. The van der Waals surface area contributed by atoms with Crippen LogP contribution in [-0.4, -0.2) is 11.1 Å². The average molecular weight is 220 g/mol. The Bertz CT molecular complexity index is 377. The molecule has 0 amide bonds. The van der Waals surface area contributed by atoms with Crippen molar-refractivity contribution in [1.29, 1.82) is 0 Å². The summed E-state index contributed by atoms with van der Waals surface area (Å²) in [6.45, 7) is 1.67. The summed E-state index contributed by atoms with van der Waals surface area (Å²) in [5, 5.41) is 9.12. The predicted octanol–water partition coefficient (Wildman–Crippen LogP) is 2.58. The molecular formula is C8H7Cl2NO2. The number of aryl methyl sites for hydroxylation is 1. The second-order valence-electron chi connectivity index (χ2n) is 2.59. The molecule has 0 radical (unpaired) electrons. The summed E-state index contributed by atoms with van der Waals surface area (Å²) in [7, 11) is 0. The molecule has 0 aliphatic heterocycles. The zero-order valence-electron chi connectivity index (χ0n) is 6.77. The van der Waals surface area contributed by atoms with Crippen LogP contribution < -0.4 is 5.73 Å². The normalized spacial score (nSPS) is 10.1. The van der Waals surface area contributed by atoms with Crippen LogP contribution in [0.25, 0.3) is 0 Å². The number of hydrogen-bond donors (Lipinski definition) is 2. The topological polar surface area (TPSA) is 63.3 Å². The zero-order chi connectivity index (χ0) is 10.2. The molecule has 0 saturated carbocycles. The SMILES string of the molecule is Cc1cc(C(=O)O)c(N)c(Cl)c1Cl. The quantitative estimate of drug-likeness (QED) is 0.715. The van der Waals surface area contributed by atoms with Crippen LogP contribution in [0.5, 0.6) is 0 Å². The van der Waals surface area contributed by atoms with E-state index in [1.165, 1.54) is 6.07 Å². The number of halogens is 2. The van der Waals surface area contributed by atoms with Crippen molar-refractivity contribution in [1.82, 2.24) is 0 Å². The summed E-state index contributed by atoms with van der Waals surface area (Å²) < 4.78 is 0. The van der Waals surface area contributed by atoms with E-state index in [0.717, 1.165) is 0 Å². The maximum Gasteiger partial charge on any atom is 0.337 e. The first-order valence-electron chi connectivity index (χ1n) is 3.42. The summed E-state index contributed by atoms with van der Waals surface area (Å²) in [6.07, 6.45) is 0. The molecule has 3 nitrogen and oxygen atoms in total. The van der Waals surface area contributed by atoms with Crippen molar-refractivity contribution in [3.63, 3.8) is 0 Å². The van der Waals surface area contributed by atoms with Crippen LogP contribution in [0.1, 0.15) is 15.9 Å². The van der Waals surface area contributed by atoms with Gasteiger partial charge in [-0.15, -0.1) is 0 Å². The average Bonchev–Trinajstić information content (AvgIpc) is 2.07. The number of carbonyl (C=O) groups is 1. The minimum absolute atomic E-state index is 0.00441. The minimum Gasteiger partial charge on any atom is -0.478 e. The number of anilines is 1. The van der Waals surface area contributed by atoms with Gasteiger partial charge in [0.1, 0.15) is 0 Å². The van der Waals surface area contributed by atoms with E-state index in [2.05, 4.69) is 0 Å². The molecule has 13 heavy (non-hydrogen) atoms. The molecule has 3 N–H and O–H groups in total. The molecule has 70 valence electrons. The fraction of sp³-hybridized carbons (Fsp3) is 0.125. The number of benzene rings is 1. The van der Waals surface area contributed by atoms with E-state index in [1.807, 2.05) is 0 Å². The summed E-state index contributed by atoms with van der Waals surface area (Å²) in [5.74, 6) is -1.11. The zero-order valence-corrected chi connectivity index (χ0v) is 8.28. The Morgan fingerprint density at radius 3 is 2.46 bits per heavy atom. The molecule has 0 atom stereocenters. The summed E-state index contributed by atoms with van der Waals surface area (Å²) in [5.41, 5.74) is 6.03. The van der Waals surface area contributed by atoms with Crippen molar-refractivity contribution in [3.8, 4) is 0 Å². The van der Waals surface area contributed by atoms with Gasteiger partial charge in [-0.1, -0.05) is 23.2 Å². The summed E-state index contributed by atoms with van der Waals surface area (Å²) in [4.78, 5) is 10.7. The van der Waals surface area contributed by atoms with Crippen LogP contribution in [0.2, 0.25) is 10.0 Å². The van der Waals surface area contributed by atoms with Crippen LogP contribution in [-0.2, 0) is 0 Å². The Labute approximate surface area is 85.1 Å². The molecule has 0 bridgehead atoms. The Morgan fingerprint density at radius 1 is 1.46 bits per heavy atom.